The Morgan fingerprint density at radius 2 is 2.27 bits per heavy atom. The fourth-order valence-corrected chi connectivity index (χ4v) is 2.02. The molecule has 0 amide bonds. The van der Waals surface area contributed by atoms with Gasteiger partial charge in [-0.05, 0) is 24.6 Å². The van der Waals surface area contributed by atoms with Gasteiger partial charge in [-0.25, -0.2) is 4.98 Å². The molecule has 2 rings (SSSR count). The number of hydrogen-bond donors (Lipinski definition) is 0. The molecule has 0 saturated carbocycles. The molecule has 0 unspecified atom stereocenters. The number of fused-ring (bicyclic) bond motifs is 1. The fraction of sp³-hybridized carbons (Fsp3) is 0.125. The lowest BCUT2D eigenvalue weighted by Gasteiger charge is -1.88. The Labute approximate surface area is 73.6 Å². The van der Waals surface area contributed by atoms with Gasteiger partial charge in [-0.1, -0.05) is 17.7 Å². The highest BCUT2D eigenvalue weighted by molar-refractivity contribution is 7.22. The van der Waals surface area contributed by atoms with E-state index in [0.29, 0.717) is 4.47 Å². The highest BCUT2D eigenvalue weighted by atomic mass is 35.5. The smallest absolute Gasteiger partial charge is 0.184 e. The maximum absolute atomic E-state index is 5.74. The van der Waals surface area contributed by atoms with Crippen molar-refractivity contribution < 1.29 is 0 Å². The molecule has 0 saturated heterocycles. The van der Waals surface area contributed by atoms with E-state index in [2.05, 4.69) is 11.1 Å². The SMILES string of the molecule is Cc1ccc2sc(Cl)nc2c1. The number of halogens is 1. The number of benzene rings is 1. The third-order valence-corrected chi connectivity index (χ3v) is 2.66. The molecule has 0 N–H and O–H groups in total. The van der Waals surface area contributed by atoms with Crippen molar-refractivity contribution in [3.8, 4) is 0 Å². The first kappa shape index (κ1) is 7.07. The summed E-state index contributed by atoms with van der Waals surface area (Å²) >= 11 is 7.26. The van der Waals surface area contributed by atoms with Gasteiger partial charge in [-0.15, -0.1) is 11.3 Å². The van der Waals surface area contributed by atoms with Gasteiger partial charge in [0.05, 0.1) is 10.2 Å². The Bertz CT molecular complexity index is 394. The van der Waals surface area contributed by atoms with Crippen LogP contribution in [0.3, 0.4) is 0 Å². The lowest BCUT2D eigenvalue weighted by atomic mass is 10.2. The van der Waals surface area contributed by atoms with Crippen molar-refractivity contribution in [1.82, 2.24) is 4.98 Å². The number of rotatable bonds is 0. The molecule has 1 nitrogen and oxygen atoms in total. The first-order chi connectivity index (χ1) is 5.25. The van der Waals surface area contributed by atoms with E-state index in [0.717, 1.165) is 10.2 Å². The van der Waals surface area contributed by atoms with E-state index in [4.69, 9.17) is 11.6 Å². The van der Waals surface area contributed by atoms with E-state index in [1.54, 1.807) is 0 Å². The topological polar surface area (TPSA) is 12.9 Å². The Balaban J connectivity index is 2.82. The zero-order chi connectivity index (χ0) is 7.84. The Morgan fingerprint density at radius 1 is 1.45 bits per heavy atom. The Morgan fingerprint density at radius 3 is 3.09 bits per heavy atom. The van der Waals surface area contributed by atoms with Gasteiger partial charge >= 0.3 is 0 Å². The fourth-order valence-electron chi connectivity index (χ4n) is 1.01. The second-order valence-corrected chi connectivity index (χ2v) is 4.05. The third kappa shape index (κ3) is 1.24. The van der Waals surface area contributed by atoms with Crippen molar-refractivity contribution in [3.05, 3.63) is 28.2 Å². The maximum Gasteiger partial charge on any atom is 0.184 e. The molecule has 11 heavy (non-hydrogen) atoms. The molecule has 0 radical (unpaired) electrons. The standard InChI is InChI=1S/C8H6ClNS/c1-5-2-3-7-6(4-5)10-8(9)11-7/h2-4H,1H3. The van der Waals surface area contributed by atoms with Crippen molar-refractivity contribution in [3.63, 3.8) is 0 Å². The summed E-state index contributed by atoms with van der Waals surface area (Å²) in [6.07, 6.45) is 0. The van der Waals surface area contributed by atoms with E-state index in [1.165, 1.54) is 16.9 Å². The van der Waals surface area contributed by atoms with Gasteiger partial charge in [-0.3, -0.25) is 0 Å². The van der Waals surface area contributed by atoms with Crippen molar-refractivity contribution in [2.75, 3.05) is 0 Å². The summed E-state index contributed by atoms with van der Waals surface area (Å²) in [6, 6.07) is 6.16. The molecule has 56 valence electrons. The zero-order valence-corrected chi connectivity index (χ0v) is 7.54. The molecule has 0 atom stereocenters. The second kappa shape index (κ2) is 2.47. The minimum absolute atomic E-state index is 0.616. The minimum atomic E-state index is 0.616. The second-order valence-electron chi connectivity index (χ2n) is 2.44. The molecule has 0 spiro atoms. The molecule has 0 aliphatic heterocycles. The van der Waals surface area contributed by atoms with Crippen LogP contribution in [0.5, 0.6) is 0 Å². The van der Waals surface area contributed by atoms with E-state index >= 15 is 0 Å². The predicted molar refractivity (Wildman–Crippen MR) is 49.4 cm³/mol. The average molecular weight is 184 g/mol. The van der Waals surface area contributed by atoms with Crippen LogP contribution in [0.25, 0.3) is 10.2 Å². The first-order valence-corrected chi connectivity index (χ1v) is 4.48. The normalized spacial score (nSPS) is 10.7. The summed E-state index contributed by atoms with van der Waals surface area (Å²) in [7, 11) is 0. The first-order valence-electron chi connectivity index (χ1n) is 3.28. The quantitative estimate of drug-likeness (QED) is 0.611. The van der Waals surface area contributed by atoms with Crippen LogP contribution in [0.1, 0.15) is 5.56 Å². The monoisotopic (exact) mass is 183 g/mol. The summed E-state index contributed by atoms with van der Waals surface area (Å²) in [5, 5.41) is 0. The highest BCUT2D eigenvalue weighted by Gasteiger charge is 1.99. The van der Waals surface area contributed by atoms with E-state index in [-0.39, 0.29) is 0 Å². The van der Waals surface area contributed by atoms with Gasteiger partial charge in [0, 0.05) is 0 Å². The van der Waals surface area contributed by atoms with Crippen LogP contribution in [-0.2, 0) is 0 Å². The van der Waals surface area contributed by atoms with Crippen molar-refractivity contribution in [1.29, 1.82) is 0 Å². The Hall–Kier alpha value is -0.600. The van der Waals surface area contributed by atoms with Crippen LogP contribution in [0.2, 0.25) is 4.47 Å². The van der Waals surface area contributed by atoms with Gasteiger partial charge in [0.2, 0.25) is 0 Å². The molecule has 2 aromatic rings. The van der Waals surface area contributed by atoms with Crippen molar-refractivity contribution in [2.24, 2.45) is 0 Å². The lowest BCUT2D eigenvalue weighted by Crippen LogP contribution is -1.70. The number of thiazole rings is 1. The van der Waals surface area contributed by atoms with Gasteiger partial charge < -0.3 is 0 Å². The largest absolute Gasteiger partial charge is 0.225 e. The number of aromatic nitrogens is 1. The average Bonchev–Trinajstić information content (AvgIpc) is 2.27. The molecule has 1 aromatic heterocycles. The van der Waals surface area contributed by atoms with Gasteiger partial charge in [-0.2, -0.15) is 0 Å². The molecule has 0 bridgehead atoms. The summed E-state index contributed by atoms with van der Waals surface area (Å²) < 4.78 is 1.77. The van der Waals surface area contributed by atoms with Crippen LogP contribution in [-0.4, -0.2) is 4.98 Å². The van der Waals surface area contributed by atoms with Gasteiger partial charge in [0.25, 0.3) is 0 Å². The van der Waals surface area contributed by atoms with Crippen LogP contribution in [0, 0.1) is 6.92 Å². The highest BCUT2D eigenvalue weighted by Crippen LogP contribution is 2.25. The molecule has 0 aliphatic rings. The Kier molecular flexibility index (Phi) is 1.59. The zero-order valence-electron chi connectivity index (χ0n) is 5.97. The lowest BCUT2D eigenvalue weighted by molar-refractivity contribution is 1.45. The molecule has 1 aromatic carbocycles. The summed E-state index contributed by atoms with van der Waals surface area (Å²) in [6.45, 7) is 2.05. The number of nitrogens with zero attached hydrogens (tertiary/aromatic N) is 1. The minimum Gasteiger partial charge on any atom is -0.225 e. The molecule has 1 heterocycles. The number of hydrogen-bond acceptors (Lipinski definition) is 2. The number of aryl methyl sites for hydroxylation is 1. The molecule has 3 heteroatoms. The summed E-state index contributed by atoms with van der Waals surface area (Å²) in [5.74, 6) is 0. The molecule has 0 fully saturated rings. The van der Waals surface area contributed by atoms with Crippen LogP contribution in [0.15, 0.2) is 18.2 Å². The third-order valence-electron chi connectivity index (χ3n) is 1.52. The van der Waals surface area contributed by atoms with Gasteiger partial charge in [0.15, 0.2) is 4.47 Å². The van der Waals surface area contributed by atoms with Crippen molar-refractivity contribution in [2.45, 2.75) is 6.92 Å². The molecular formula is C8H6ClNS. The van der Waals surface area contributed by atoms with E-state index in [1.807, 2.05) is 19.1 Å². The van der Waals surface area contributed by atoms with E-state index in [9.17, 15) is 0 Å². The van der Waals surface area contributed by atoms with Crippen LogP contribution >= 0.6 is 22.9 Å². The summed E-state index contributed by atoms with van der Waals surface area (Å²) in [5.41, 5.74) is 2.22. The predicted octanol–water partition coefficient (Wildman–Crippen LogP) is 3.26. The van der Waals surface area contributed by atoms with Crippen LogP contribution < -0.4 is 0 Å². The van der Waals surface area contributed by atoms with Gasteiger partial charge in [0.1, 0.15) is 0 Å². The van der Waals surface area contributed by atoms with Crippen molar-refractivity contribution >= 4 is 33.2 Å². The van der Waals surface area contributed by atoms with Crippen LogP contribution in [0.4, 0.5) is 0 Å². The molecular weight excluding hydrogens is 178 g/mol. The van der Waals surface area contributed by atoms with E-state index < -0.39 is 0 Å². The molecule has 0 aliphatic carbocycles. The maximum atomic E-state index is 5.74. The summed E-state index contributed by atoms with van der Waals surface area (Å²) in [4.78, 5) is 4.16.